The van der Waals surface area contributed by atoms with Crippen molar-refractivity contribution in [1.29, 1.82) is 0 Å². The summed E-state index contributed by atoms with van der Waals surface area (Å²) in [5.41, 5.74) is 0.440. The number of halogens is 3. The van der Waals surface area contributed by atoms with Gasteiger partial charge >= 0.3 is 0 Å². The van der Waals surface area contributed by atoms with E-state index in [1.807, 2.05) is 4.90 Å². The smallest absolute Gasteiger partial charge is 0.242 e. The second kappa shape index (κ2) is 10.9. The SMILES string of the molecule is Cl.Cl.O=C(N[C@H]1CCCNC1)C(c1ccccc1F)N1CCOCC1. The lowest BCUT2D eigenvalue weighted by molar-refractivity contribution is -0.129. The Morgan fingerprint density at radius 3 is 2.64 bits per heavy atom. The Morgan fingerprint density at radius 1 is 1.28 bits per heavy atom. The van der Waals surface area contributed by atoms with Crippen molar-refractivity contribution in [3.8, 4) is 0 Å². The van der Waals surface area contributed by atoms with E-state index < -0.39 is 6.04 Å². The van der Waals surface area contributed by atoms with Crippen LogP contribution in [0.4, 0.5) is 4.39 Å². The molecule has 8 heteroatoms. The van der Waals surface area contributed by atoms with E-state index in [9.17, 15) is 9.18 Å². The van der Waals surface area contributed by atoms with Crippen LogP contribution in [0.5, 0.6) is 0 Å². The summed E-state index contributed by atoms with van der Waals surface area (Å²) >= 11 is 0. The zero-order valence-electron chi connectivity index (χ0n) is 14.1. The molecule has 0 aromatic heterocycles. The van der Waals surface area contributed by atoms with Crippen LogP contribution in [0.2, 0.25) is 0 Å². The molecular formula is C17H26Cl2FN3O2. The largest absolute Gasteiger partial charge is 0.379 e. The Kier molecular flexibility index (Phi) is 9.67. The first-order valence-electron chi connectivity index (χ1n) is 8.33. The van der Waals surface area contributed by atoms with E-state index in [1.165, 1.54) is 6.07 Å². The summed E-state index contributed by atoms with van der Waals surface area (Å²) < 4.78 is 19.7. The minimum absolute atomic E-state index is 0. The predicted molar refractivity (Wildman–Crippen MR) is 100 cm³/mol. The lowest BCUT2D eigenvalue weighted by atomic mass is 10.0. The van der Waals surface area contributed by atoms with Gasteiger partial charge in [-0.1, -0.05) is 18.2 Å². The minimum Gasteiger partial charge on any atom is -0.379 e. The first kappa shape index (κ1) is 22.1. The van der Waals surface area contributed by atoms with Crippen molar-refractivity contribution in [1.82, 2.24) is 15.5 Å². The standard InChI is InChI=1S/C17H24FN3O2.2ClH/c18-15-6-2-1-5-14(15)16(21-8-10-23-11-9-21)17(22)20-13-4-3-7-19-12-13;;/h1-2,5-6,13,16,19H,3-4,7-12H2,(H,20,22);2*1H/t13-,16?;;/m0../s1. The number of hydrogen-bond donors (Lipinski definition) is 2. The number of nitrogens with zero attached hydrogens (tertiary/aromatic N) is 1. The maximum Gasteiger partial charge on any atom is 0.242 e. The maximum atomic E-state index is 14.3. The van der Waals surface area contributed by atoms with Crippen molar-refractivity contribution < 1.29 is 13.9 Å². The molecule has 1 amide bonds. The molecule has 2 atom stereocenters. The number of hydrogen-bond acceptors (Lipinski definition) is 4. The Hall–Kier alpha value is -0.920. The summed E-state index contributed by atoms with van der Waals surface area (Å²) in [5, 5.41) is 6.38. The molecule has 0 aliphatic carbocycles. The topological polar surface area (TPSA) is 53.6 Å². The number of carbonyl (C=O) groups is 1. The zero-order valence-corrected chi connectivity index (χ0v) is 15.7. The van der Waals surface area contributed by atoms with Crippen LogP contribution < -0.4 is 10.6 Å². The van der Waals surface area contributed by atoms with Gasteiger partial charge in [-0.05, 0) is 25.5 Å². The second-order valence-electron chi connectivity index (χ2n) is 6.12. The molecule has 0 bridgehead atoms. The molecular weight excluding hydrogens is 368 g/mol. The van der Waals surface area contributed by atoms with Crippen molar-refractivity contribution >= 4 is 30.7 Å². The lowest BCUT2D eigenvalue weighted by Crippen LogP contribution is -2.51. The molecule has 142 valence electrons. The summed E-state index contributed by atoms with van der Waals surface area (Å²) in [7, 11) is 0. The quantitative estimate of drug-likeness (QED) is 0.820. The van der Waals surface area contributed by atoms with Crippen molar-refractivity contribution in [2.45, 2.75) is 24.9 Å². The molecule has 2 saturated heterocycles. The number of rotatable bonds is 4. The third-order valence-corrected chi connectivity index (χ3v) is 4.50. The van der Waals surface area contributed by atoms with Gasteiger partial charge in [-0.2, -0.15) is 0 Å². The molecule has 3 rings (SSSR count). The highest BCUT2D eigenvalue weighted by Gasteiger charge is 2.32. The van der Waals surface area contributed by atoms with Crippen LogP contribution in [0.15, 0.2) is 24.3 Å². The monoisotopic (exact) mass is 393 g/mol. The van der Waals surface area contributed by atoms with Gasteiger partial charge < -0.3 is 15.4 Å². The van der Waals surface area contributed by atoms with Crippen LogP contribution in [-0.4, -0.2) is 56.2 Å². The molecule has 2 N–H and O–H groups in total. The molecule has 1 aromatic rings. The van der Waals surface area contributed by atoms with Gasteiger partial charge in [-0.15, -0.1) is 24.8 Å². The van der Waals surface area contributed by atoms with E-state index >= 15 is 0 Å². The van der Waals surface area contributed by atoms with Gasteiger partial charge in [0.1, 0.15) is 11.9 Å². The number of benzene rings is 1. The summed E-state index contributed by atoms with van der Waals surface area (Å²) in [6.45, 7) is 4.18. The van der Waals surface area contributed by atoms with Crippen LogP contribution in [0.3, 0.4) is 0 Å². The highest BCUT2D eigenvalue weighted by Crippen LogP contribution is 2.25. The summed E-state index contributed by atoms with van der Waals surface area (Å²) in [5.74, 6) is -0.452. The average Bonchev–Trinajstić information content (AvgIpc) is 2.59. The number of morpholine rings is 1. The fraction of sp³-hybridized carbons (Fsp3) is 0.588. The number of piperidine rings is 1. The first-order valence-corrected chi connectivity index (χ1v) is 8.33. The Morgan fingerprint density at radius 2 is 2.00 bits per heavy atom. The third-order valence-electron chi connectivity index (χ3n) is 4.50. The zero-order chi connectivity index (χ0) is 16.1. The van der Waals surface area contributed by atoms with Crippen LogP contribution in [0.1, 0.15) is 24.4 Å². The van der Waals surface area contributed by atoms with E-state index in [0.29, 0.717) is 31.9 Å². The molecule has 5 nitrogen and oxygen atoms in total. The van der Waals surface area contributed by atoms with Gasteiger partial charge in [0.2, 0.25) is 5.91 Å². The first-order chi connectivity index (χ1) is 11.3. The minimum atomic E-state index is -0.595. The predicted octanol–water partition coefficient (Wildman–Crippen LogP) is 1.91. The molecule has 2 fully saturated rings. The molecule has 0 radical (unpaired) electrons. The Bertz CT molecular complexity index is 538. The molecule has 0 saturated carbocycles. The molecule has 1 aromatic carbocycles. The van der Waals surface area contributed by atoms with Crippen molar-refractivity contribution in [3.63, 3.8) is 0 Å². The van der Waals surface area contributed by atoms with Crippen LogP contribution >= 0.6 is 24.8 Å². The maximum absolute atomic E-state index is 14.3. The van der Waals surface area contributed by atoms with Crippen LogP contribution in [0.25, 0.3) is 0 Å². The van der Waals surface area contributed by atoms with E-state index in [-0.39, 0.29) is 42.6 Å². The van der Waals surface area contributed by atoms with Crippen molar-refractivity contribution in [2.75, 3.05) is 39.4 Å². The Labute approximate surface area is 160 Å². The van der Waals surface area contributed by atoms with Gasteiger partial charge in [-0.3, -0.25) is 9.69 Å². The van der Waals surface area contributed by atoms with E-state index in [4.69, 9.17) is 4.74 Å². The number of amides is 1. The third kappa shape index (κ3) is 5.79. The molecule has 2 heterocycles. The normalized spacial score (nSPS) is 22.2. The number of ether oxygens (including phenoxy) is 1. The summed E-state index contributed by atoms with van der Waals surface area (Å²) in [6.07, 6.45) is 2.01. The molecule has 2 aliphatic rings. The van der Waals surface area contributed by atoms with Crippen molar-refractivity contribution in [3.05, 3.63) is 35.6 Å². The molecule has 1 unspecified atom stereocenters. The average molecular weight is 394 g/mol. The fourth-order valence-corrected chi connectivity index (χ4v) is 3.29. The van der Waals surface area contributed by atoms with Crippen LogP contribution in [0, 0.1) is 5.82 Å². The fourth-order valence-electron chi connectivity index (χ4n) is 3.29. The van der Waals surface area contributed by atoms with Gasteiger partial charge in [0.25, 0.3) is 0 Å². The van der Waals surface area contributed by atoms with Gasteiger partial charge in [0.05, 0.1) is 13.2 Å². The van der Waals surface area contributed by atoms with E-state index in [1.54, 1.807) is 18.2 Å². The molecule has 25 heavy (non-hydrogen) atoms. The van der Waals surface area contributed by atoms with Gasteiger partial charge in [0, 0.05) is 31.2 Å². The van der Waals surface area contributed by atoms with Crippen molar-refractivity contribution in [2.24, 2.45) is 0 Å². The molecule has 0 spiro atoms. The van der Waals surface area contributed by atoms with Gasteiger partial charge in [0.15, 0.2) is 0 Å². The number of carbonyl (C=O) groups excluding carboxylic acids is 1. The van der Waals surface area contributed by atoms with Gasteiger partial charge in [-0.25, -0.2) is 4.39 Å². The lowest BCUT2D eigenvalue weighted by Gasteiger charge is -2.35. The summed E-state index contributed by atoms with van der Waals surface area (Å²) in [4.78, 5) is 14.9. The van der Waals surface area contributed by atoms with E-state index in [0.717, 1.165) is 25.9 Å². The molecule has 2 aliphatic heterocycles. The highest BCUT2D eigenvalue weighted by molar-refractivity contribution is 5.85. The van der Waals surface area contributed by atoms with E-state index in [2.05, 4.69) is 10.6 Å². The van der Waals surface area contributed by atoms with Crippen LogP contribution in [-0.2, 0) is 9.53 Å². The Balaban J connectivity index is 0.00000156. The number of nitrogens with one attached hydrogen (secondary N) is 2. The highest BCUT2D eigenvalue weighted by atomic mass is 35.5. The second-order valence-corrected chi connectivity index (χ2v) is 6.12. The summed E-state index contributed by atoms with van der Waals surface area (Å²) in [6, 6.07) is 6.07.